The average Bonchev–Trinajstić information content (AvgIpc) is 2.66. The number of alkyl carbamates (subject to hydrolysis) is 1. The second-order valence-electron chi connectivity index (χ2n) is 8.28. The first-order chi connectivity index (χ1) is 14.7. The summed E-state index contributed by atoms with van der Waals surface area (Å²) in [6.07, 6.45) is 0.938. The summed E-state index contributed by atoms with van der Waals surface area (Å²) in [6.45, 7) is 6.75. The number of hydrogen-bond donors (Lipinski definition) is 1. The van der Waals surface area contributed by atoms with Crippen LogP contribution in [0.25, 0.3) is 10.9 Å². The molecule has 1 fully saturated rings. The number of carbonyl (C=O) groups is 1. The number of hydrogen-bond acceptors (Lipinski definition) is 6. The van der Waals surface area contributed by atoms with Crippen LogP contribution in [-0.4, -0.2) is 40.8 Å². The van der Waals surface area contributed by atoms with Crippen molar-refractivity contribution in [3.05, 3.63) is 53.6 Å². The molecule has 1 saturated heterocycles. The molecule has 1 N–H and O–H groups in total. The molecule has 0 unspecified atom stereocenters. The largest absolute Gasteiger partial charge is 0.444 e. The van der Waals surface area contributed by atoms with Crippen molar-refractivity contribution in [3.8, 4) is 11.6 Å². The van der Waals surface area contributed by atoms with E-state index >= 15 is 0 Å². The molecular weight excluding hydrogens is 423 g/mol. The van der Waals surface area contributed by atoms with Crippen molar-refractivity contribution in [2.75, 3.05) is 18.0 Å². The van der Waals surface area contributed by atoms with Gasteiger partial charge >= 0.3 is 6.09 Å². The van der Waals surface area contributed by atoms with Gasteiger partial charge in [-0.05, 0) is 51.1 Å². The van der Waals surface area contributed by atoms with Crippen LogP contribution >= 0.6 is 11.6 Å². The molecule has 9 heteroatoms. The number of amides is 1. The van der Waals surface area contributed by atoms with Crippen LogP contribution in [0.2, 0.25) is 5.02 Å². The van der Waals surface area contributed by atoms with Crippen molar-refractivity contribution in [1.29, 1.82) is 0 Å². The maximum absolute atomic E-state index is 14.3. The van der Waals surface area contributed by atoms with Crippen LogP contribution in [0.3, 0.4) is 0 Å². The van der Waals surface area contributed by atoms with Crippen molar-refractivity contribution in [2.24, 2.45) is 0 Å². The van der Waals surface area contributed by atoms with Gasteiger partial charge in [0.1, 0.15) is 11.9 Å². The number of halogens is 2. The zero-order valence-electron chi connectivity index (χ0n) is 17.4. The van der Waals surface area contributed by atoms with Crippen LogP contribution < -0.4 is 15.0 Å². The van der Waals surface area contributed by atoms with Gasteiger partial charge in [-0.25, -0.2) is 19.2 Å². The Morgan fingerprint density at radius 2 is 2.00 bits per heavy atom. The van der Waals surface area contributed by atoms with E-state index < -0.39 is 17.5 Å². The first kappa shape index (κ1) is 21.1. The highest BCUT2D eigenvalue weighted by Crippen LogP contribution is 2.33. The highest BCUT2D eigenvalue weighted by Gasteiger charge is 2.30. The Morgan fingerprint density at radius 1 is 1.23 bits per heavy atom. The van der Waals surface area contributed by atoms with E-state index in [4.69, 9.17) is 21.1 Å². The summed E-state index contributed by atoms with van der Waals surface area (Å²) in [4.78, 5) is 22.4. The molecule has 4 rings (SSSR count). The lowest BCUT2D eigenvalue weighted by Gasteiger charge is -2.41. The van der Waals surface area contributed by atoms with E-state index in [9.17, 15) is 9.18 Å². The molecule has 0 atom stereocenters. The third-order valence-corrected chi connectivity index (χ3v) is 4.96. The summed E-state index contributed by atoms with van der Waals surface area (Å²) in [5.74, 6) is -0.425. The molecule has 1 aliphatic rings. The fraction of sp³-hybridized carbons (Fsp3) is 0.318. The molecule has 31 heavy (non-hydrogen) atoms. The third-order valence-electron chi connectivity index (χ3n) is 4.67. The SMILES string of the molecule is CC(C)(C)OC(=O)NC1CN(c2ccc3ncnc(Oc4cccc(Cl)c4F)c3c2)C1. The summed E-state index contributed by atoms with van der Waals surface area (Å²) in [6, 6.07) is 10.2. The Balaban J connectivity index is 1.49. The van der Waals surface area contributed by atoms with E-state index in [1.54, 1.807) is 6.07 Å². The van der Waals surface area contributed by atoms with E-state index in [-0.39, 0.29) is 22.7 Å². The minimum atomic E-state index is -0.647. The second kappa shape index (κ2) is 8.19. The number of fused-ring (bicyclic) bond motifs is 1. The van der Waals surface area contributed by atoms with Gasteiger partial charge < -0.3 is 19.7 Å². The Hall–Kier alpha value is -3.13. The normalized spacial score (nSPS) is 14.3. The number of carbonyl (C=O) groups excluding carboxylic acids is 1. The molecule has 0 bridgehead atoms. The van der Waals surface area contributed by atoms with Gasteiger partial charge in [0.2, 0.25) is 5.88 Å². The number of anilines is 1. The molecule has 0 saturated carbocycles. The fourth-order valence-corrected chi connectivity index (χ4v) is 3.39. The molecule has 162 valence electrons. The van der Waals surface area contributed by atoms with E-state index in [1.165, 1.54) is 18.5 Å². The zero-order valence-corrected chi connectivity index (χ0v) is 18.1. The van der Waals surface area contributed by atoms with Crippen molar-refractivity contribution < 1.29 is 18.7 Å². The van der Waals surface area contributed by atoms with Crippen molar-refractivity contribution in [3.63, 3.8) is 0 Å². The molecular formula is C22H22ClFN4O3. The van der Waals surface area contributed by atoms with Gasteiger partial charge in [0.05, 0.1) is 22.0 Å². The average molecular weight is 445 g/mol. The summed E-state index contributed by atoms with van der Waals surface area (Å²) in [5.41, 5.74) is 1.05. The number of ether oxygens (including phenoxy) is 2. The number of aromatic nitrogens is 2. The summed E-state index contributed by atoms with van der Waals surface area (Å²) < 4.78 is 25.3. The molecule has 2 aromatic carbocycles. The lowest BCUT2D eigenvalue weighted by Crippen LogP contribution is -2.60. The molecule has 0 aliphatic carbocycles. The summed E-state index contributed by atoms with van der Waals surface area (Å²) in [5, 5.41) is 3.47. The summed E-state index contributed by atoms with van der Waals surface area (Å²) >= 11 is 5.84. The maximum atomic E-state index is 14.3. The molecule has 1 aromatic heterocycles. The van der Waals surface area contributed by atoms with Crippen LogP contribution in [0.5, 0.6) is 11.6 Å². The predicted molar refractivity (Wildman–Crippen MR) is 116 cm³/mol. The van der Waals surface area contributed by atoms with E-state index in [1.807, 2.05) is 39.0 Å². The Bertz CT molecular complexity index is 1130. The molecule has 0 radical (unpaired) electrons. The monoisotopic (exact) mass is 444 g/mol. The highest BCUT2D eigenvalue weighted by atomic mass is 35.5. The molecule has 2 heterocycles. The molecule has 0 spiro atoms. The molecule has 1 amide bonds. The quantitative estimate of drug-likeness (QED) is 0.615. The standard InChI is InChI=1S/C22H22ClFN4O3/c1-22(2,3)31-21(29)27-13-10-28(11-13)14-7-8-17-15(9-14)20(26-12-25-17)30-18-6-4-5-16(23)19(18)24/h4-9,12-13H,10-11H2,1-3H3,(H,27,29). The first-order valence-corrected chi connectivity index (χ1v) is 10.2. The Morgan fingerprint density at radius 3 is 2.74 bits per heavy atom. The van der Waals surface area contributed by atoms with Crippen LogP contribution in [0.4, 0.5) is 14.9 Å². The smallest absolute Gasteiger partial charge is 0.407 e. The minimum absolute atomic E-state index is 0.00570. The van der Waals surface area contributed by atoms with E-state index in [0.29, 0.717) is 24.0 Å². The topological polar surface area (TPSA) is 76.6 Å². The van der Waals surface area contributed by atoms with Gasteiger partial charge in [0.25, 0.3) is 0 Å². The predicted octanol–water partition coefficient (Wildman–Crippen LogP) is 4.93. The number of benzene rings is 2. The van der Waals surface area contributed by atoms with Crippen LogP contribution in [0.15, 0.2) is 42.7 Å². The third kappa shape index (κ3) is 4.80. The van der Waals surface area contributed by atoms with E-state index in [2.05, 4.69) is 20.2 Å². The van der Waals surface area contributed by atoms with E-state index in [0.717, 1.165) is 5.69 Å². The molecule has 7 nitrogen and oxygen atoms in total. The van der Waals surface area contributed by atoms with Crippen molar-refractivity contribution >= 4 is 34.3 Å². The maximum Gasteiger partial charge on any atom is 0.407 e. The highest BCUT2D eigenvalue weighted by molar-refractivity contribution is 6.30. The number of rotatable bonds is 4. The van der Waals surface area contributed by atoms with Crippen molar-refractivity contribution in [2.45, 2.75) is 32.4 Å². The van der Waals surface area contributed by atoms with Gasteiger partial charge in [-0.3, -0.25) is 0 Å². The van der Waals surface area contributed by atoms with Gasteiger partial charge in [-0.2, -0.15) is 0 Å². The van der Waals surface area contributed by atoms with Crippen LogP contribution in [-0.2, 0) is 4.74 Å². The van der Waals surface area contributed by atoms with Gasteiger partial charge in [0.15, 0.2) is 11.6 Å². The summed E-state index contributed by atoms with van der Waals surface area (Å²) in [7, 11) is 0. The second-order valence-corrected chi connectivity index (χ2v) is 8.69. The molecule has 1 aliphatic heterocycles. The number of nitrogens with one attached hydrogen (secondary N) is 1. The molecule has 3 aromatic rings. The zero-order chi connectivity index (χ0) is 22.2. The minimum Gasteiger partial charge on any atom is -0.444 e. The fourth-order valence-electron chi connectivity index (χ4n) is 3.22. The first-order valence-electron chi connectivity index (χ1n) is 9.81. The van der Waals surface area contributed by atoms with Crippen LogP contribution in [0, 0.1) is 5.82 Å². The van der Waals surface area contributed by atoms with Crippen LogP contribution in [0.1, 0.15) is 20.8 Å². The van der Waals surface area contributed by atoms with Gasteiger partial charge in [0, 0.05) is 18.8 Å². The lowest BCUT2D eigenvalue weighted by atomic mass is 10.1. The number of nitrogens with zero attached hydrogens (tertiary/aromatic N) is 3. The lowest BCUT2D eigenvalue weighted by molar-refractivity contribution is 0.0496. The van der Waals surface area contributed by atoms with Crippen molar-refractivity contribution in [1.82, 2.24) is 15.3 Å². The Labute approximate surface area is 184 Å². The van der Waals surface area contributed by atoms with Gasteiger partial charge in [-0.1, -0.05) is 17.7 Å². The van der Waals surface area contributed by atoms with Gasteiger partial charge in [-0.15, -0.1) is 0 Å². The Kier molecular flexibility index (Phi) is 5.58.